The van der Waals surface area contributed by atoms with Crippen molar-refractivity contribution in [2.75, 3.05) is 19.6 Å². The second-order valence-electron chi connectivity index (χ2n) is 7.67. The van der Waals surface area contributed by atoms with Gasteiger partial charge in [-0.3, -0.25) is 9.69 Å². The molecule has 1 atom stereocenters. The Morgan fingerprint density at radius 3 is 2.32 bits per heavy atom. The molecule has 1 unspecified atom stereocenters. The summed E-state index contributed by atoms with van der Waals surface area (Å²) in [4.78, 5) is 15.2. The highest BCUT2D eigenvalue weighted by Crippen LogP contribution is 2.21. The molecule has 1 aromatic heterocycles. The molecule has 31 heavy (non-hydrogen) atoms. The molecule has 164 valence electrons. The summed E-state index contributed by atoms with van der Waals surface area (Å²) in [7, 11) is 0. The SMILES string of the molecule is CCN(CC)C(CNC(=O)Cc1c(C)nn(-c2ccc(F)cc2)c1C)c1ccccc1. The number of hydrogen-bond acceptors (Lipinski definition) is 3. The lowest BCUT2D eigenvalue weighted by atomic mass is 10.0. The average Bonchev–Trinajstić information content (AvgIpc) is 3.06. The molecule has 0 saturated carbocycles. The first-order valence-corrected chi connectivity index (χ1v) is 10.8. The van der Waals surface area contributed by atoms with Gasteiger partial charge < -0.3 is 5.32 Å². The van der Waals surface area contributed by atoms with Crippen molar-refractivity contribution in [3.8, 4) is 5.69 Å². The maximum atomic E-state index is 13.3. The van der Waals surface area contributed by atoms with Crippen molar-refractivity contribution in [1.29, 1.82) is 0 Å². The van der Waals surface area contributed by atoms with Gasteiger partial charge in [0.15, 0.2) is 0 Å². The molecule has 1 amide bonds. The second kappa shape index (κ2) is 10.4. The summed E-state index contributed by atoms with van der Waals surface area (Å²) in [5.74, 6) is -0.316. The molecule has 0 saturated heterocycles. The first-order chi connectivity index (χ1) is 14.9. The lowest BCUT2D eigenvalue weighted by molar-refractivity contribution is -0.120. The van der Waals surface area contributed by atoms with Gasteiger partial charge in [0, 0.05) is 17.8 Å². The van der Waals surface area contributed by atoms with Crippen molar-refractivity contribution in [2.45, 2.75) is 40.2 Å². The van der Waals surface area contributed by atoms with Crippen LogP contribution in [-0.4, -0.2) is 40.2 Å². The fourth-order valence-corrected chi connectivity index (χ4v) is 4.00. The Morgan fingerprint density at radius 1 is 1.06 bits per heavy atom. The monoisotopic (exact) mass is 422 g/mol. The van der Waals surface area contributed by atoms with E-state index in [-0.39, 0.29) is 24.2 Å². The van der Waals surface area contributed by atoms with Crippen molar-refractivity contribution in [3.05, 3.63) is 82.9 Å². The van der Waals surface area contributed by atoms with Gasteiger partial charge in [-0.15, -0.1) is 0 Å². The van der Waals surface area contributed by atoms with Crippen LogP contribution < -0.4 is 5.32 Å². The number of carbonyl (C=O) groups is 1. The first kappa shape index (κ1) is 22.7. The Bertz CT molecular complexity index is 994. The molecule has 0 aliphatic carbocycles. The van der Waals surface area contributed by atoms with Gasteiger partial charge in [0.1, 0.15) is 5.82 Å². The van der Waals surface area contributed by atoms with E-state index >= 15 is 0 Å². The summed E-state index contributed by atoms with van der Waals surface area (Å²) < 4.78 is 15.0. The number of rotatable bonds is 9. The molecule has 0 radical (unpaired) electrons. The number of hydrogen-bond donors (Lipinski definition) is 1. The minimum Gasteiger partial charge on any atom is -0.354 e. The highest BCUT2D eigenvalue weighted by Gasteiger charge is 2.20. The summed E-state index contributed by atoms with van der Waals surface area (Å²) >= 11 is 0. The van der Waals surface area contributed by atoms with E-state index in [4.69, 9.17) is 0 Å². The zero-order valence-corrected chi connectivity index (χ0v) is 18.7. The third-order valence-corrected chi connectivity index (χ3v) is 5.78. The van der Waals surface area contributed by atoms with Gasteiger partial charge in [0.05, 0.1) is 23.8 Å². The highest BCUT2D eigenvalue weighted by atomic mass is 19.1. The van der Waals surface area contributed by atoms with Crippen LogP contribution in [0.5, 0.6) is 0 Å². The summed E-state index contributed by atoms with van der Waals surface area (Å²) in [6, 6.07) is 16.6. The van der Waals surface area contributed by atoms with Crippen LogP contribution in [0.2, 0.25) is 0 Å². The van der Waals surface area contributed by atoms with Crippen molar-refractivity contribution in [1.82, 2.24) is 20.0 Å². The van der Waals surface area contributed by atoms with E-state index in [1.165, 1.54) is 17.7 Å². The lowest BCUT2D eigenvalue weighted by Gasteiger charge is -2.30. The predicted octanol–water partition coefficient (Wildman–Crippen LogP) is 4.37. The molecule has 0 spiro atoms. The molecule has 2 aromatic carbocycles. The van der Waals surface area contributed by atoms with Crippen molar-refractivity contribution < 1.29 is 9.18 Å². The molecule has 5 nitrogen and oxygen atoms in total. The third kappa shape index (κ3) is 5.39. The van der Waals surface area contributed by atoms with Gasteiger partial charge in [-0.05, 0) is 56.8 Å². The number of aryl methyl sites for hydroxylation is 1. The summed E-state index contributed by atoms with van der Waals surface area (Å²) in [5.41, 5.74) is 4.58. The molecular weight excluding hydrogens is 391 g/mol. The summed E-state index contributed by atoms with van der Waals surface area (Å²) in [6.45, 7) is 10.5. The van der Waals surface area contributed by atoms with Crippen LogP contribution in [0.1, 0.15) is 42.4 Å². The molecule has 0 aliphatic rings. The second-order valence-corrected chi connectivity index (χ2v) is 7.67. The fourth-order valence-electron chi connectivity index (χ4n) is 4.00. The van der Waals surface area contributed by atoms with Crippen LogP contribution in [-0.2, 0) is 11.2 Å². The largest absolute Gasteiger partial charge is 0.354 e. The lowest BCUT2D eigenvalue weighted by Crippen LogP contribution is -2.38. The molecule has 3 rings (SSSR count). The standard InChI is InChI=1S/C25H31FN4O/c1-5-29(6-2)24(20-10-8-7-9-11-20)17-27-25(31)16-23-18(3)28-30(19(23)4)22-14-12-21(26)13-15-22/h7-15,24H,5-6,16-17H2,1-4H3,(H,27,31). The Kier molecular flexibility index (Phi) is 7.58. The smallest absolute Gasteiger partial charge is 0.224 e. The number of nitrogens with one attached hydrogen (secondary N) is 1. The maximum absolute atomic E-state index is 13.3. The zero-order valence-electron chi connectivity index (χ0n) is 18.7. The summed E-state index contributed by atoms with van der Waals surface area (Å²) in [6.07, 6.45) is 0.263. The molecule has 1 heterocycles. The van der Waals surface area contributed by atoms with Gasteiger partial charge in [0.25, 0.3) is 0 Å². The fraction of sp³-hybridized carbons (Fsp3) is 0.360. The van der Waals surface area contributed by atoms with Crippen molar-refractivity contribution >= 4 is 5.91 Å². The number of nitrogens with zero attached hydrogens (tertiary/aromatic N) is 3. The minimum atomic E-state index is -0.286. The highest BCUT2D eigenvalue weighted by molar-refractivity contribution is 5.79. The Morgan fingerprint density at radius 2 is 1.71 bits per heavy atom. The topological polar surface area (TPSA) is 50.2 Å². The van der Waals surface area contributed by atoms with Gasteiger partial charge in [-0.1, -0.05) is 44.2 Å². The quantitative estimate of drug-likeness (QED) is 0.557. The van der Waals surface area contributed by atoms with Crippen LogP contribution in [0.25, 0.3) is 5.69 Å². The number of halogens is 1. The Hall–Kier alpha value is -2.99. The normalized spacial score (nSPS) is 12.2. The number of aromatic nitrogens is 2. The van der Waals surface area contributed by atoms with Gasteiger partial charge >= 0.3 is 0 Å². The number of amides is 1. The van der Waals surface area contributed by atoms with Crippen molar-refractivity contribution in [3.63, 3.8) is 0 Å². The molecule has 6 heteroatoms. The van der Waals surface area contributed by atoms with E-state index in [9.17, 15) is 9.18 Å². The number of likely N-dealkylation sites (N-methyl/N-ethyl adjacent to an activating group) is 1. The van der Waals surface area contributed by atoms with E-state index in [1.807, 2.05) is 32.0 Å². The predicted molar refractivity (Wildman–Crippen MR) is 122 cm³/mol. The van der Waals surface area contributed by atoms with Crippen LogP contribution in [0.4, 0.5) is 4.39 Å². The first-order valence-electron chi connectivity index (χ1n) is 10.8. The van der Waals surface area contributed by atoms with Gasteiger partial charge in [0.2, 0.25) is 5.91 Å². The van der Waals surface area contributed by atoms with Crippen LogP contribution >= 0.6 is 0 Å². The molecule has 0 bridgehead atoms. The van der Waals surface area contributed by atoms with E-state index in [0.29, 0.717) is 6.54 Å². The van der Waals surface area contributed by atoms with Crippen LogP contribution in [0, 0.1) is 19.7 Å². The van der Waals surface area contributed by atoms with Gasteiger partial charge in [-0.2, -0.15) is 5.10 Å². The summed E-state index contributed by atoms with van der Waals surface area (Å²) in [5, 5.41) is 7.69. The molecular formula is C25H31FN4O. The number of carbonyl (C=O) groups excluding carboxylic acids is 1. The molecule has 0 aliphatic heterocycles. The van der Waals surface area contributed by atoms with Gasteiger partial charge in [-0.25, -0.2) is 9.07 Å². The minimum absolute atomic E-state index is 0.0297. The Balaban J connectivity index is 1.72. The number of benzene rings is 2. The molecule has 1 N–H and O–H groups in total. The van der Waals surface area contributed by atoms with Crippen molar-refractivity contribution in [2.24, 2.45) is 0 Å². The molecule has 0 fully saturated rings. The molecule has 3 aromatic rings. The van der Waals surface area contributed by atoms with E-state index in [2.05, 4.69) is 41.3 Å². The average molecular weight is 423 g/mol. The van der Waals surface area contributed by atoms with Crippen LogP contribution in [0.3, 0.4) is 0 Å². The van der Waals surface area contributed by atoms with E-state index in [1.54, 1.807) is 16.8 Å². The third-order valence-electron chi connectivity index (χ3n) is 5.78. The van der Waals surface area contributed by atoms with E-state index in [0.717, 1.165) is 35.7 Å². The van der Waals surface area contributed by atoms with Crippen LogP contribution in [0.15, 0.2) is 54.6 Å². The maximum Gasteiger partial charge on any atom is 0.224 e. The zero-order chi connectivity index (χ0) is 22.4. The van der Waals surface area contributed by atoms with E-state index < -0.39 is 0 Å². The Labute approximate surface area is 183 Å².